The predicted molar refractivity (Wildman–Crippen MR) is 82.8 cm³/mol. The number of hydrogen-bond acceptors (Lipinski definition) is 2. The van der Waals surface area contributed by atoms with Crippen molar-refractivity contribution < 1.29 is 4.74 Å². The summed E-state index contributed by atoms with van der Waals surface area (Å²) in [5.74, 6) is 1.03. The molecule has 0 bridgehead atoms. The third-order valence-corrected chi connectivity index (χ3v) is 3.14. The average molecular weight is 263 g/mol. The monoisotopic (exact) mass is 263 g/mol. The highest BCUT2D eigenvalue weighted by Gasteiger charge is 2.15. The second-order valence-electron chi connectivity index (χ2n) is 5.35. The molecule has 1 aromatic carbocycles. The Bertz CT molecular complexity index is 341. The lowest BCUT2D eigenvalue weighted by molar-refractivity contribution is 0.237. The van der Waals surface area contributed by atoms with Crippen LogP contribution >= 0.6 is 0 Å². The molecule has 1 rings (SSSR count). The first kappa shape index (κ1) is 16.0. The summed E-state index contributed by atoms with van der Waals surface area (Å²) in [6.07, 6.45) is 5.04. The maximum Gasteiger partial charge on any atom is 0.124 e. The second kappa shape index (κ2) is 8.98. The molecular formula is C17H29NO. The number of nitrogens with one attached hydrogen (secondary N) is 1. The van der Waals surface area contributed by atoms with Gasteiger partial charge in [-0.3, -0.25) is 0 Å². The Kier molecular flexibility index (Phi) is 7.57. The van der Waals surface area contributed by atoms with E-state index in [-0.39, 0.29) is 6.10 Å². The van der Waals surface area contributed by atoms with Crippen LogP contribution in [0, 0.1) is 0 Å². The van der Waals surface area contributed by atoms with Gasteiger partial charge in [0.25, 0.3) is 0 Å². The average Bonchev–Trinajstić information content (AvgIpc) is 2.39. The minimum Gasteiger partial charge on any atom is -0.491 e. The van der Waals surface area contributed by atoms with E-state index in [1.165, 1.54) is 24.8 Å². The molecule has 1 aromatic rings. The highest BCUT2D eigenvalue weighted by Crippen LogP contribution is 2.29. The highest BCUT2D eigenvalue weighted by molar-refractivity contribution is 5.36. The fourth-order valence-corrected chi connectivity index (χ4v) is 2.22. The fraction of sp³-hybridized carbons (Fsp3) is 0.647. The maximum absolute atomic E-state index is 5.95. The van der Waals surface area contributed by atoms with E-state index in [1.54, 1.807) is 0 Å². The third kappa shape index (κ3) is 5.65. The molecule has 2 heteroatoms. The van der Waals surface area contributed by atoms with E-state index in [0.717, 1.165) is 18.7 Å². The van der Waals surface area contributed by atoms with Crippen molar-refractivity contribution in [2.45, 2.75) is 65.5 Å². The maximum atomic E-state index is 5.95. The number of unbranched alkanes of at least 4 members (excludes halogenated alkanes) is 1. The summed E-state index contributed by atoms with van der Waals surface area (Å²) in [5, 5.41) is 3.65. The number of para-hydroxylation sites is 1. The molecule has 0 fully saturated rings. The summed E-state index contributed by atoms with van der Waals surface area (Å²) < 4.78 is 5.95. The second-order valence-corrected chi connectivity index (χ2v) is 5.35. The van der Waals surface area contributed by atoms with Crippen molar-refractivity contribution >= 4 is 0 Å². The lowest BCUT2D eigenvalue weighted by Crippen LogP contribution is -2.23. The Hall–Kier alpha value is -1.02. The first-order valence-corrected chi connectivity index (χ1v) is 7.68. The van der Waals surface area contributed by atoms with Crippen LogP contribution in [0.1, 0.15) is 65.0 Å². The van der Waals surface area contributed by atoms with Crippen LogP contribution in [-0.4, -0.2) is 12.6 Å². The molecule has 0 radical (unpaired) electrons. The molecule has 0 aromatic heterocycles. The van der Waals surface area contributed by atoms with Crippen LogP contribution in [0.15, 0.2) is 24.3 Å². The number of benzene rings is 1. The van der Waals surface area contributed by atoms with Crippen molar-refractivity contribution in [1.29, 1.82) is 0 Å². The normalized spacial score (nSPS) is 12.7. The summed E-state index contributed by atoms with van der Waals surface area (Å²) in [4.78, 5) is 0. The van der Waals surface area contributed by atoms with Gasteiger partial charge in [-0.1, -0.05) is 44.9 Å². The summed E-state index contributed by atoms with van der Waals surface area (Å²) in [6, 6.07) is 8.85. The molecular weight excluding hydrogens is 234 g/mol. The largest absolute Gasteiger partial charge is 0.491 e. The van der Waals surface area contributed by atoms with Gasteiger partial charge in [-0.2, -0.15) is 0 Å². The molecule has 0 aliphatic rings. The van der Waals surface area contributed by atoms with Crippen LogP contribution in [0.4, 0.5) is 0 Å². The van der Waals surface area contributed by atoms with Crippen molar-refractivity contribution in [2.24, 2.45) is 0 Å². The van der Waals surface area contributed by atoms with Crippen LogP contribution in [0.5, 0.6) is 5.75 Å². The summed E-state index contributed by atoms with van der Waals surface area (Å²) in [5.41, 5.74) is 1.30. The zero-order valence-corrected chi connectivity index (χ0v) is 12.9. The SMILES string of the molecule is CCCCC(NCCC)c1ccccc1OC(C)C. The molecule has 0 aliphatic heterocycles. The van der Waals surface area contributed by atoms with Gasteiger partial charge in [0, 0.05) is 11.6 Å². The van der Waals surface area contributed by atoms with Gasteiger partial charge in [-0.15, -0.1) is 0 Å². The van der Waals surface area contributed by atoms with E-state index < -0.39 is 0 Å². The Morgan fingerprint density at radius 2 is 1.84 bits per heavy atom. The summed E-state index contributed by atoms with van der Waals surface area (Å²) in [6.45, 7) is 9.67. The summed E-state index contributed by atoms with van der Waals surface area (Å²) in [7, 11) is 0. The van der Waals surface area contributed by atoms with Crippen LogP contribution < -0.4 is 10.1 Å². The molecule has 0 saturated carbocycles. The van der Waals surface area contributed by atoms with Crippen LogP contribution in [0.3, 0.4) is 0 Å². The third-order valence-electron chi connectivity index (χ3n) is 3.14. The number of hydrogen-bond donors (Lipinski definition) is 1. The zero-order chi connectivity index (χ0) is 14.1. The highest BCUT2D eigenvalue weighted by atomic mass is 16.5. The standard InChI is InChI=1S/C17H29NO/c1-5-7-11-16(18-13-6-2)15-10-8-9-12-17(15)19-14(3)4/h8-10,12,14,16,18H,5-7,11,13H2,1-4H3. The molecule has 2 nitrogen and oxygen atoms in total. The van der Waals surface area contributed by atoms with Crippen molar-refractivity contribution in [2.75, 3.05) is 6.54 Å². The molecule has 1 N–H and O–H groups in total. The Balaban J connectivity index is 2.85. The van der Waals surface area contributed by atoms with Gasteiger partial charge in [-0.25, -0.2) is 0 Å². The molecule has 19 heavy (non-hydrogen) atoms. The molecule has 0 saturated heterocycles. The van der Waals surface area contributed by atoms with Gasteiger partial charge in [0.15, 0.2) is 0 Å². The van der Waals surface area contributed by atoms with Crippen LogP contribution in [0.2, 0.25) is 0 Å². The van der Waals surface area contributed by atoms with Gasteiger partial charge in [0.05, 0.1) is 6.10 Å². The molecule has 0 aliphatic carbocycles. The smallest absolute Gasteiger partial charge is 0.124 e. The lowest BCUT2D eigenvalue weighted by Gasteiger charge is -2.23. The molecule has 0 heterocycles. The van der Waals surface area contributed by atoms with Gasteiger partial charge in [0.1, 0.15) is 5.75 Å². The molecule has 0 spiro atoms. The molecule has 0 amide bonds. The van der Waals surface area contributed by atoms with Gasteiger partial charge in [-0.05, 0) is 39.3 Å². The first-order valence-electron chi connectivity index (χ1n) is 7.68. The molecule has 108 valence electrons. The van der Waals surface area contributed by atoms with Crippen molar-refractivity contribution in [1.82, 2.24) is 5.32 Å². The van der Waals surface area contributed by atoms with Crippen molar-refractivity contribution in [3.8, 4) is 5.75 Å². The van der Waals surface area contributed by atoms with E-state index in [1.807, 2.05) is 0 Å². The topological polar surface area (TPSA) is 21.3 Å². The fourth-order valence-electron chi connectivity index (χ4n) is 2.22. The van der Waals surface area contributed by atoms with Crippen LogP contribution in [0.25, 0.3) is 0 Å². The first-order chi connectivity index (χ1) is 9.19. The van der Waals surface area contributed by atoms with E-state index in [4.69, 9.17) is 4.74 Å². The minimum atomic E-state index is 0.221. The predicted octanol–water partition coefficient (Wildman–Crippen LogP) is 4.70. The van der Waals surface area contributed by atoms with E-state index in [0.29, 0.717) is 6.04 Å². The van der Waals surface area contributed by atoms with E-state index >= 15 is 0 Å². The van der Waals surface area contributed by atoms with Gasteiger partial charge in [0.2, 0.25) is 0 Å². The summed E-state index contributed by atoms with van der Waals surface area (Å²) >= 11 is 0. The van der Waals surface area contributed by atoms with Crippen LogP contribution in [-0.2, 0) is 0 Å². The minimum absolute atomic E-state index is 0.221. The van der Waals surface area contributed by atoms with Gasteiger partial charge >= 0.3 is 0 Å². The van der Waals surface area contributed by atoms with Crippen molar-refractivity contribution in [3.63, 3.8) is 0 Å². The van der Waals surface area contributed by atoms with E-state index in [2.05, 4.69) is 57.3 Å². The Labute approximate surface area is 118 Å². The quantitative estimate of drug-likeness (QED) is 0.697. The number of ether oxygens (including phenoxy) is 1. The Morgan fingerprint density at radius 3 is 2.47 bits per heavy atom. The lowest BCUT2D eigenvalue weighted by atomic mass is 10.00. The zero-order valence-electron chi connectivity index (χ0n) is 12.9. The van der Waals surface area contributed by atoms with Crippen molar-refractivity contribution in [3.05, 3.63) is 29.8 Å². The van der Waals surface area contributed by atoms with E-state index in [9.17, 15) is 0 Å². The molecule has 1 unspecified atom stereocenters. The number of rotatable bonds is 9. The Morgan fingerprint density at radius 1 is 1.11 bits per heavy atom. The van der Waals surface area contributed by atoms with Gasteiger partial charge < -0.3 is 10.1 Å². The molecule has 1 atom stereocenters.